The Kier molecular flexibility index (Phi) is 6.78. The second kappa shape index (κ2) is 9.64. The van der Waals surface area contributed by atoms with Gasteiger partial charge >= 0.3 is 6.03 Å². The molecule has 188 valence electrons. The second-order valence-electron chi connectivity index (χ2n) is 10.6. The highest BCUT2D eigenvalue weighted by Gasteiger charge is 2.37. The van der Waals surface area contributed by atoms with Crippen LogP contribution >= 0.6 is 0 Å². The Balaban J connectivity index is 1.48. The molecule has 2 aliphatic rings. The van der Waals surface area contributed by atoms with E-state index in [-0.39, 0.29) is 34.4 Å². The molecule has 0 aliphatic carbocycles. The number of benzene rings is 1. The molecule has 2 aliphatic heterocycles. The van der Waals surface area contributed by atoms with Crippen molar-refractivity contribution in [2.75, 3.05) is 37.9 Å². The number of aromatic nitrogens is 1. The number of carbonyl (C=O) groups is 2. The van der Waals surface area contributed by atoms with Gasteiger partial charge in [-0.05, 0) is 29.9 Å². The van der Waals surface area contributed by atoms with Gasteiger partial charge in [0.2, 0.25) is 5.91 Å². The summed E-state index contributed by atoms with van der Waals surface area (Å²) in [6.07, 6.45) is 1.47. The van der Waals surface area contributed by atoms with E-state index in [1.807, 2.05) is 11.0 Å². The van der Waals surface area contributed by atoms with Gasteiger partial charge in [-0.2, -0.15) is 0 Å². The Labute approximate surface area is 205 Å². The third-order valence-corrected chi connectivity index (χ3v) is 6.50. The lowest BCUT2D eigenvalue weighted by Crippen LogP contribution is -2.49. The molecule has 3 amide bonds. The van der Waals surface area contributed by atoms with Gasteiger partial charge in [0.05, 0.1) is 14.2 Å². The molecule has 0 unspecified atom stereocenters. The molecule has 0 spiro atoms. The molecule has 9 heteroatoms. The summed E-state index contributed by atoms with van der Waals surface area (Å²) in [5.74, 6) is 1.58. The Morgan fingerprint density at radius 2 is 1.69 bits per heavy atom. The minimum atomic E-state index is -0.534. The van der Waals surface area contributed by atoms with Crippen LogP contribution in [0.3, 0.4) is 0 Å². The molecule has 1 aromatic heterocycles. The van der Waals surface area contributed by atoms with E-state index in [4.69, 9.17) is 9.47 Å². The maximum absolute atomic E-state index is 13.2. The molecule has 2 bridgehead atoms. The van der Waals surface area contributed by atoms with Crippen molar-refractivity contribution in [3.8, 4) is 11.5 Å². The van der Waals surface area contributed by atoms with Gasteiger partial charge in [-0.15, -0.1) is 0 Å². The fourth-order valence-corrected chi connectivity index (χ4v) is 4.97. The number of nitrogens with one attached hydrogen (secondary N) is 2. The predicted octanol–water partition coefficient (Wildman–Crippen LogP) is 3.89. The van der Waals surface area contributed by atoms with Gasteiger partial charge < -0.3 is 29.6 Å². The first-order valence-electron chi connectivity index (χ1n) is 11.9. The second-order valence-corrected chi connectivity index (χ2v) is 10.6. The van der Waals surface area contributed by atoms with E-state index in [0.717, 1.165) is 12.1 Å². The van der Waals surface area contributed by atoms with E-state index in [0.29, 0.717) is 43.2 Å². The summed E-state index contributed by atoms with van der Waals surface area (Å²) in [6.45, 7) is 8.02. The zero-order valence-corrected chi connectivity index (χ0v) is 21.0. The van der Waals surface area contributed by atoms with E-state index in [9.17, 15) is 14.4 Å². The largest absolute Gasteiger partial charge is 0.497 e. The molecule has 9 nitrogen and oxygen atoms in total. The van der Waals surface area contributed by atoms with Crippen LogP contribution in [0.1, 0.15) is 45.2 Å². The number of fused-ring (bicyclic) bond motifs is 4. The summed E-state index contributed by atoms with van der Waals surface area (Å²) in [7, 11) is 3.06. The van der Waals surface area contributed by atoms with E-state index in [1.165, 1.54) is 14.2 Å². The molecule has 1 aromatic carbocycles. The fraction of sp³-hybridized carbons (Fsp3) is 0.500. The fourth-order valence-electron chi connectivity index (χ4n) is 4.97. The first-order chi connectivity index (χ1) is 16.6. The summed E-state index contributed by atoms with van der Waals surface area (Å²) in [5.41, 5.74) is 1.32. The lowest BCUT2D eigenvalue weighted by Gasteiger charge is -2.43. The van der Waals surface area contributed by atoms with Gasteiger partial charge in [-0.25, -0.2) is 4.79 Å². The molecular weight excluding hydrogens is 448 g/mol. The predicted molar refractivity (Wildman–Crippen MR) is 134 cm³/mol. The van der Waals surface area contributed by atoms with Crippen LogP contribution in [0.5, 0.6) is 11.5 Å². The average Bonchev–Trinajstić information content (AvgIpc) is 2.79. The Bertz CT molecular complexity index is 1160. The molecular formula is C26H34N4O5. The number of amides is 3. The van der Waals surface area contributed by atoms with Crippen LogP contribution in [0.4, 0.5) is 16.2 Å². The van der Waals surface area contributed by atoms with E-state index < -0.39 is 6.03 Å². The number of pyridine rings is 1. The number of hydrogen-bond donors (Lipinski definition) is 2. The first kappa shape index (κ1) is 24.6. The molecule has 2 aromatic rings. The van der Waals surface area contributed by atoms with Crippen LogP contribution in [0.25, 0.3) is 0 Å². The number of nitrogens with zero attached hydrogens (tertiary/aromatic N) is 2. The highest BCUT2D eigenvalue weighted by molar-refractivity contribution is 5.99. The zero-order chi connectivity index (χ0) is 25.3. The van der Waals surface area contributed by atoms with Crippen molar-refractivity contribution in [3.05, 3.63) is 46.4 Å². The van der Waals surface area contributed by atoms with E-state index in [1.54, 1.807) is 28.8 Å². The first-order valence-corrected chi connectivity index (χ1v) is 11.9. The van der Waals surface area contributed by atoms with Crippen LogP contribution in [-0.2, 0) is 11.3 Å². The number of carbonyl (C=O) groups excluding carboxylic acids is 2. The smallest absolute Gasteiger partial charge is 0.323 e. The molecule has 0 radical (unpaired) electrons. The molecule has 1 fully saturated rings. The standard InChI is InChI=1S/C26H34N4O5/c1-26(2,3)12-23(31)29-13-16-8-17(15-29)22-7-6-21(24(32)30(22)14-16)28-25(33)27-18-9-19(34-4)11-20(10-18)35-5/h6-7,9-11,16-17H,8,12-15H2,1-5H3,(H2,27,28,33)/t16-,17+/m0/s1. The minimum Gasteiger partial charge on any atom is -0.497 e. The Morgan fingerprint density at radius 3 is 2.31 bits per heavy atom. The van der Waals surface area contributed by atoms with Crippen LogP contribution in [-0.4, -0.2) is 48.7 Å². The van der Waals surface area contributed by atoms with Crippen molar-refractivity contribution >= 4 is 23.3 Å². The molecule has 1 saturated heterocycles. The number of ether oxygens (including phenoxy) is 2. The minimum absolute atomic E-state index is 0.0599. The quantitative estimate of drug-likeness (QED) is 0.673. The van der Waals surface area contributed by atoms with Gasteiger partial charge in [0.25, 0.3) is 5.56 Å². The lowest BCUT2D eigenvalue weighted by molar-refractivity contribution is -0.135. The van der Waals surface area contributed by atoms with E-state index >= 15 is 0 Å². The summed E-state index contributed by atoms with van der Waals surface area (Å²) < 4.78 is 12.2. The van der Waals surface area contributed by atoms with Gasteiger partial charge in [0.1, 0.15) is 17.2 Å². The summed E-state index contributed by atoms with van der Waals surface area (Å²) in [5, 5.41) is 5.39. The van der Waals surface area contributed by atoms with Gasteiger partial charge in [-0.3, -0.25) is 9.59 Å². The van der Waals surface area contributed by atoms with Gasteiger partial charge in [-0.1, -0.05) is 20.8 Å². The number of anilines is 2. The van der Waals surface area contributed by atoms with Crippen LogP contribution in [0.15, 0.2) is 35.1 Å². The van der Waals surface area contributed by atoms with Crippen LogP contribution in [0, 0.1) is 11.3 Å². The summed E-state index contributed by atoms with van der Waals surface area (Å²) >= 11 is 0. The van der Waals surface area contributed by atoms with Crippen LogP contribution in [0.2, 0.25) is 0 Å². The number of rotatable bonds is 5. The molecule has 3 heterocycles. The zero-order valence-electron chi connectivity index (χ0n) is 21.0. The van der Waals surface area contributed by atoms with Crippen molar-refractivity contribution in [1.29, 1.82) is 0 Å². The van der Waals surface area contributed by atoms with E-state index in [2.05, 4.69) is 31.4 Å². The SMILES string of the molecule is COc1cc(NC(=O)Nc2ccc3n(c2=O)C[C@H]2C[C@@H]3CN(C(=O)CC(C)(C)C)C2)cc(OC)c1. The topological polar surface area (TPSA) is 102 Å². The maximum Gasteiger partial charge on any atom is 0.323 e. The highest BCUT2D eigenvalue weighted by atomic mass is 16.5. The monoisotopic (exact) mass is 482 g/mol. The molecule has 2 atom stereocenters. The summed E-state index contributed by atoms with van der Waals surface area (Å²) in [4.78, 5) is 40.6. The number of likely N-dealkylation sites (tertiary alicyclic amines) is 1. The third-order valence-electron chi connectivity index (χ3n) is 6.50. The van der Waals surface area contributed by atoms with Gasteiger partial charge in [0.15, 0.2) is 0 Å². The van der Waals surface area contributed by atoms with Gasteiger partial charge in [0, 0.05) is 61.6 Å². The highest BCUT2D eigenvalue weighted by Crippen LogP contribution is 2.36. The van der Waals surface area contributed by atoms with Crippen LogP contribution < -0.4 is 25.7 Å². The van der Waals surface area contributed by atoms with Crippen molar-refractivity contribution in [1.82, 2.24) is 9.47 Å². The van der Waals surface area contributed by atoms with Crippen molar-refractivity contribution < 1.29 is 19.1 Å². The maximum atomic E-state index is 13.2. The number of hydrogen-bond acceptors (Lipinski definition) is 5. The molecule has 0 saturated carbocycles. The molecule has 2 N–H and O–H groups in total. The molecule has 4 rings (SSSR count). The number of piperidine rings is 1. The van der Waals surface area contributed by atoms with Crippen molar-refractivity contribution in [2.24, 2.45) is 11.3 Å². The normalized spacial score (nSPS) is 18.9. The molecule has 35 heavy (non-hydrogen) atoms. The Hall–Kier alpha value is -3.49. The van der Waals surface area contributed by atoms with Crippen molar-refractivity contribution in [3.63, 3.8) is 0 Å². The number of methoxy groups -OCH3 is 2. The number of urea groups is 1. The third kappa shape index (κ3) is 5.61. The average molecular weight is 483 g/mol. The Morgan fingerprint density at radius 1 is 1.00 bits per heavy atom. The van der Waals surface area contributed by atoms with Crippen molar-refractivity contribution in [2.45, 2.75) is 46.1 Å². The summed E-state index contributed by atoms with van der Waals surface area (Å²) in [6, 6.07) is 8.03. The lowest BCUT2D eigenvalue weighted by atomic mass is 9.82.